The minimum atomic E-state index is -4.56. The number of hydrogen-bond donors (Lipinski definition) is 0. The van der Waals surface area contributed by atoms with E-state index in [1.165, 1.54) is 6.07 Å². The van der Waals surface area contributed by atoms with Crippen LogP contribution < -0.4 is 4.90 Å². The minimum absolute atomic E-state index is 0.103. The molecule has 0 N–H and O–H groups in total. The largest absolute Gasteiger partial charge is 0.453 e. The highest BCUT2D eigenvalue weighted by molar-refractivity contribution is 5.46. The van der Waals surface area contributed by atoms with E-state index < -0.39 is 12.0 Å². The summed E-state index contributed by atoms with van der Waals surface area (Å²) < 4.78 is 39.2. The van der Waals surface area contributed by atoms with Crippen LogP contribution in [-0.4, -0.2) is 32.9 Å². The average molecular weight is 285 g/mol. The molecule has 0 aromatic carbocycles. The lowest BCUT2D eigenvalue weighted by Gasteiger charge is -2.31. The summed E-state index contributed by atoms with van der Waals surface area (Å²) >= 11 is 0. The van der Waals surface area contributed by atoms with Crippen LogP contribution in [0.3, 0.4) is 0 Å². The number of piperidine rings is 1. The summed E-state index contributed by atoms with van der Waals surface area (Å²) in [5.41, 5.74) is 0.103. The highest BCUT2D eigenvalue weighted by atomic mass is 19.4. The van der Waals surface area contributed by atoms with Crippen molar-refractivity contribution in [2.75, 3.05) is 18.0 Å². The predicted octanol–water partition coefficient (Wildman–Crippen LogP) is 2.38. The van der Waals surface area contributed by atoms with Gasteiger partial charge >= 0.3 is 6.18 Å². The van der Waals surface area contributed by atoms with Crippen LogP contribution >= 0.6 is 0 Å². The Labute approximate surface area is 113 Å². The molecule has 0 amide bonds. The summed E-state index contributed by atoms with van der Waals surface area (Å²) in [5, 5.41) is 10.7. The van der Waals surface area contributed by atoms with Gasteiger partial charge in [0.05, 0.1) is 0 Å². The van der Waals surface area contributed by atoms with Crippen LogP contribution in [0.25, 0.3) is 5.65 Å². The molecule has 108 valence electrons. The number of nitrogens with zero attached hydrogens (tertiary/aromatic N) is 5. The van der Waals surface area contributed by atoms with Crippen LogP contribution in [0.5, 0.6) is 0 Å². The van der Waals surface area contributed by atoms with Gasteiger partial charge in [-0.05, 0) is 30.9 Å². The van der Waals surface area contributed by atoms with Gasteiger partial charge in [-0.2, -0.15) is 17.7 Å². The lowest BCUT2D eigenvalue weighted by molar-refractivity contribution is -0.146. The third-order valence-corrected chi connectivity index (χ3v) is 3.48. The van der Waals surface area contributed by atoms with Gasteiger partial charge in [0.1, 0.15) is 5.82 Å². The first-order valence-electron chi connectivity index (χ1n) is 6.50. The van der Waals surface area contributed by atoms with Gasteiger partial charge in [0.2, 0.25) is 0 Å². The van der Waals surface area contributed by atoms with Crippen molar-refractivity contribution >= 4 is 11.5 Å². The molecular formula is C12H14F3N5. The Hall–Kier alpha value is -1.86. The van der Waals surface area contributed by atoms with Crippen molar-refractivity contribution in [3.05, 3.63) is 18.0 Å². The first-order chi connectivity index (χ1) is 9.45. The Kier molecular flexibility index (Phi) is 3.02. The van der Waals surface area contributed by atoms with Gasteiger partial charge in [-0.3, -0.25) is 0 Å². The van der Waals surface area contributed by atoms with E-state index in [9.17, 15) is 13.2 Å². The second-order valence-electron chi connectivity index (χ2n) is 5.18. The topological polar surface area (TPSA) is 46.3 Å². The number of rotatable bonds is 1. The number of halogens is 3. The average Bonchev–Trinajstić information content (AvgIpc) is 2.81. The molecule has 0 spiro atoms. The van der Waals surface area contributed by atoms with Gasteiger partial charge in [-0.15, -0.1) is 15.3 Å². The van der Waals surface area contributed by atoms with Gasteiger partial charge in [0.25, 0.3) is 5.82 Å². The summed E-state index contributed by atoms with van der Waals surface area (Å²) in [6, 6.07) is 3.21. The Morgan fingerprint density at radius 1 is 1.25 bits per heavy atom. The molecule has 1 aliphatic rings. The van der Waals surface area contributed by atoms with Gasteiger partial charge in [0.15, 0.2) is 5.65 Å². The Morgan fingerprint density at radius 3 is 2.75 bits per heavy atom. The fourth-order valence-electron chi connectivity index (χ4n) is 2.52. The van der Waals surface area contributed by atoms with E-state index in [2.05, 4.69) is 22.2 Å². The molecule has 0 bridgehead atoms. The maximum atomic E-state index is 12.8. The van der Waals surface area contributed by atoms with Crippen LogP contribution in [0.1, 0.15) is 25.6 Å². The zero-order valence-electron chi connectivity index (χ0n) is 10.9. The second kappa shape index (κ2) is 4.60. The second-order valence-corrected chi connectivity index (χ2v) is 5.18. The zero-order valence-corrected chi connectivity index (χ0v) is 10.9. The zero-order chi connectivity index (χ0) is 14.3. The van der Waals surface area contributed by atoms with Gasteiger partial charge in [-0.25, -0.2) is 0 Å². The minimum Gasteiger partial charge on any atom is -0.355 e. The number of anilines is 1. The number of hydrogen-bond acceptors (Lipinski definition) is 4. The number of alkyl halides is 3. The van der Waals surface area contributed by atoms with Crippen molar-refractivity contribution < 1.29 is 13.2 Å². The summed E-state index contributed by atoms with van der Waals surface area (Å²) in [5.74, 6) is -0.0296. The van der Waals surface area contributed by atoms with E-state index in [4.69, 9.17) is 0 Å². The molecule has 2 aromatic rings. The maximum absolute atomic E-state index is 12.8. The molecule has 0 aliphatic carbocycles. The normalized spacial score (nSPS) is 20.6. The summed E-state index contributed by atoms with van der Waals surface area (Å²) in [6.07, 6.45) is -2.39. The molecule has 1 atom stereocenters. The number of aromatic nitrogens is 4. The third-order valence-electron chi connectivity index (χ3n) is 3.48. The number of fused-ring (bicyclic) bond motifs is 1. The SMILES string of the molecule is CC1CCCN(c2ccc3nnc(C(F)(F)F)n3n2)C1. The molecule has 1 fully saturated rings. The molecule has 0 saturated carbocycles. The van der Waals surface area contributed by atoms with Crippen molar-refractivity contribution in [2.45, 2.75) is 25.9 Å². The third kappa shape index (κ3) is 2.30. The highest BCUT2D eigenvalue weighted by Crippen LogP contribution is 2.28. The first-order valence-corrected chi connectivity index (χ1v) is 6.50. The molecule has 5 nitrogen and oxygen atoms in total. The fourth-order valence-corrected chi connectivity index (χ4v) is 2.52. The van der Waals surface area contributed by atoms with E-state index in [-0.39, 0.29) is 5.65 Å². The summed E-state index contributed by atoms with van der Waals surface area (Å²) in [4.78, 5) is 2.01. The lowest BCUT2D eigenvalue weighted by atomic mass is 10.0. The molecular weight excluding hydrogens is 271 g/mol. The molecule has 3 heterocycles. The fraction of sp³-hybridized carbons (Fsp3) is 0.583. The maximum Gasteiger partial charge on any atom is 0.453 e. The van der Waals surface area contributed by atoms with E-state index >= 15 is 0 Å². The molecule has 8 heteroatoms. The van der Waals surface area contributed by atoms with E-state index in [1.54, 1.807) is 6.07 Å². The predicted molar refractivity (Wildman–Crippen MR) is 66.4 cm³/mol. The van der Waals surface area contributed by atoms with E-state index in [0.717, 1.165) is 30.4 Å². The van der Waals surface area contributed by atoms with Gasteiger partial charge in [0, 0.05) is 13.1 Å². The van der Waals surface area contributed by atoms with Crippen LogP contribution in [0.4, 0.5) is 19.0 Å². The van der Waals surface area contributed by atoms with Crippen molar-refractivity contribution in [3.8, 4) is 0 Å². The molecule has 1 saturated heterocycles. The smallest absolute Gasteiger partial charge is 0.355 e. The van der Waals surface area contributed by atoms with Gasteiger partial charge < -0.3 is 4.90 Å². The molecule has 1 aliphatic heterocycles. The van der Waals surface area contributed by atoms with Crippen LogP contribution in [0.15, 0.2) is 12.1 Å². The van der Waals surface area contributed by atoms with Crippen molar-refractivity contribution in [1.82, 2.24) is 19.8 Å². The van der Waals surface area contributed by atoms with Crippen LogP contribution in [0.2, 0.25) is 0 Å². The van der Waals surface area contributed by atoms with Crippen molar-refractivity contribution in [3.63, 3.8) is 0 Å². The van der Waals surface area contributed by atoms with E-state index in [1.807, 2.05) is 4.90 Å². The van der Waals surface area contributed by atoms with Crippen molar-refractivity contribution in [1.29, 1.82) is 0 Å². The Morgan fingerprint density at radius 2 is 2.05 bits per heavy atom. The lowest BCUT2D eigenvalue weighted by Crippen LogP contribution is -2.35. The molecule has 20 heavy (non-hydrogen) atoms. The molecule has 3 rings (SSSR count). The Bertz CT molecular complexity index is 621. The molecule has 2 aromatic heterocycles. The quantitative estimate of drug-likeness (QED) is 0.807. The first kappa shape index (κ1) is 13.1. The van der Waals surface area contributed by atoms with Gasteiger partial charge in [-0.1, -0.05) is 6.92 Å². The Balaban J connectivity index is 2.01. The standard InChI is InChI=1S/C12H14F3N5/c1-8-3-2-6-19(7-8)10-5-4-9-16-17-11(12(13,14)15)20(9)18-10/h4-5,8H,2-3,6-7H2,1H3. The summed E-state index contributed by atoms with van der Waals surface area (Å²) in [6.45, 7) is 3.75. The molecule has 1 unspecified atom stereocenters. The summed E-state index contributed by atoms with van der Waals surface area (Å²) in [7, 11) is 0. The van der Waals surface area contributed by atoms with Crippen LogP contribution in [0, 0.1) is 5.92 Å². The van der Waals surface area contributed by atoms with Crippen LogP contribution in [-0.2, 0) is 6.18 Å². The van der Waals surface area contributed by atoms with E-state index in [0.29, 0.717) is 11.7 Å². The van der Waals surface area contributed by atoms with Crippen molar-refractivity contribution in [2.24, 2.45) is 5.92 Å². The molecule has 0 radical (unpaired) electrons. The highest BCUT2D eigenvalue weighted by Gasteiger charge is 2.37. The monoisotopic (exact) mass is 285 g/mol.